The number of rotatable bonds is 7. The second-order valence-corrected chi connectivity index (χ2v) is 6.41. The van der Waals surface area contributed by atoms with E-state index in [1.54, 1.807) is 48.5 Å². The summed E-state index contributed by atoms with van der Waals surface area (Å²) in [6, 6.07) is 13.0. The van der Waals surface area contributed by atoms with E-state index in [9.17, 15) is 9.59 Å². The third-order valence-electron chi connectivity index (χ3n) is 4.05. The van der Waals surface area contributed by atoms with Crippen molar-refractivity contribution < 1.29 is 23.8 Å². The quantitative estimate of drug-likeness (QED) is 0.542. The van der Waals surface area contributed by atoms with Crippen LogP contribution in [0.2, 0.25) is 5.02 Å². The summed E-state index contributed by atoms with van der Waals surface area (Å²) < 4.78 is 16.2. The highest BCUT2D eigenvalue weighted by Crippen LogP contribution is 2.17. The lowest BCUT2D eigenvalue weighted by atomic mass is 10.1. The van der Waals surface area contributed by atoms with Crippen LogP contribution >= 0.6 is 11.6 Å². The number of carbonyl (C=O) groups excluding carboxylic acids is 2. The lowest BCUT2D eigenvalue weighted by Crippen LogP contribution is -2.16. The summed E-state index contributed by atoms with van der Waals surface area (Å²) in [4.78, 5) is 24.1. The van der Waals surface area contributed by atoms with E-state index in [0.717, 1.165) is 19.4 Å². The van der Waals surface area contributed by atoms with E-state index in [1.165, 1.54) is 0 Å². The molecule has 2 aromatic rings. The van der Waals surface area contributed by atoms with Crippen molar-refractivity contribution in [3.63, 3.8) is 0 Å². The molecule has 0 spiro atoms. The Morgan fingerprint density at radius 1 is 1.04 bits per heavy atom. The van der Waals surface area contributed by atoms with Crippen molar-refractivity contribution in [1.82, 2.24) is 0 Å². The molecule has 136 valence electrons. The average Bonchev–Trinajstić information content (AvgIpc) is 3.19. The van der Waals surface area contributed by atoms with E-state index in [0.29, 0.717) is 28.5 Å². The molecular formula is C20H19ClO5. The molecule has 1 fully saturated rings. The smallest absolute Gasteiger partial charge is 0.338 e. The second kappa shape index (κ2) is 8.83. The molecule has 6 heteroatoms. The first-order valence-corrected chi connectivity index (χ1v) is 8.80. The zero-order valence-corrected chi connectivity index (χ0v) is 14.9. The highest BCUT2D eigenvalue weighted by molar-refractivity contribution is 6.30. The minimum Gasteiger partial charge on any atom is -0.491 e. The van der Waals surface area contributed by atoms with Gasteiger partial charge in [-0.1, -0.05) is 11.6 Å². The van der Waals surface area contributed by atoms with Gasteiger partial charge in [0.05, 0.1) is 11.7 Å². The first-order valence-electron chi connectivity index (χ1n) is 8.42. The monoisotopic (exact) mass is 374 g/mol. The van der Waals surface area contributed by atoms with Crippen molar-refractivity contribution in [3.05, 3.63) is 64.7 Å². The summed E-state index contributed by atoms with van der Waals surface area (Å²) in [5.74, 6) is -0.182. The largest absolute Gasteiger partial charge is 0.491 e. The van der Waals surface area contributed by atoms with Crippen LogP contribution in [0.4, 0.5) is 0 Å². The maximum atomic E-state index is 12.1. The van der Waals surface area contributed by atoms with E-state index in [2.05, 4.69) is 0 Å². The van der Waals surface area contributed by atoms with Gasteiger partial charge in [-0.3, -0.25) is 4.79 Å². The van der Waals surface area contributed by atoms with E-state index in [4.69, 9.17) is 25.8 Å². The van der Waals surface area contributed by atoms with E-state index in [-0.39, 0.29) is 18.5 Å². The van der Waals surface area contributed by atoms with Crippen LogP contribution in [0.25, 0.3) is 0 Å². The molecule has 1 aliphatic rings. The molecular weight excluding hydrogens is 356 g/mol. The summed E-state index contributed by atoms with van der Waals surface area (Å²) in [5, 5.41) is 0.542. The molecule has 1 atom stereocenters. The number of hydrogen-bond acceptors (Lipinski definition) is 5. The molecule has 0 radical (unpaired) electrons. The summed E-state index contributed by atoms with van der Waals surface area (Å²) in [6.45, 7) is 0.963. The molecule has 0 bridgehead atoms. The van der Waals surface area contributed by atoms with E-state index < -0.39 is 5.97 Å². The molecule has 2 aromatic carbocycles. The topological polar surface area (TPSA) is 61.8 Å². The Hall–Kier alpha value is -2.37. The minimum absolute atomic E-state index is 0.138. The van der Waals surface area contributed by atoms with Gasteiger partial charge in [-0.2, -0.15) is 0 Å². The Balaban J connectivity index is 1.48. The fourth-order valence-electron chi connectivity index (χ4n) is 2.59. The molecule has 1 saturated heterocycles. The summed E-state index contributed by atoms with van der Waals surface area (Å²) >= 11 is 5.78. The molecule has 0 N–H and O–H groups in total. The Kier molecular flexibility index (Phi) is 6.26. The molecule has 26 heavy (non-hydrogen) atoms. The van der Waals surface area contributed by atoms with Crippen LogP contribution in [0.5, 0.6) is 5.75 Å². The number of esters is 1. The van der Waals surface area contributed by atoms with Gasteiger partial charge >= 0.3 is 5.97 Å². The van der Waals surface area contributed by atoms with Gasteiger partial charge in [-0.15, -0.1) is 0 Å². The first-order chi connectivity index (χ1) is 12.6. The average molecular weight is 375 g/mol. The van der Waals surface area contributed by atoms with Crippen LogP contribution in [0, 0.1) is 0 Å². The van der Waals surface area contributed by atoms with E-state index >= 15 is 0 Å². The third-order valence-corrected chi connectivity index (χ3v) is 4.30. The predicted octanol–water partition coefficient (Wildman–Crippen LogP) is 3.94. The number of halogens is 1. The van der Waals surface area contributed by atoms with Gasteiger partial charge in [0, 0.05) is 17.2 Å². The van der Waals surface area contributed by atoms with Gasteiger partial charge in [0.1, 0.15) is 12.4 Å². The molecule has 0 saturated carbocycles. The van der Waals surface area contributed by atoms with Crippen molar-refractivity contribution in [3.8, 4) is 5.75 Å². The van der Waals surface area contributed by atoms with Gasteiger partial charge in [-0.05, 0) is 61.4 Å². The maximum absolute atomic E-state index is 12.1. The Morgan fingerprint density at radius 2 is 1.73 bits per heavy atom. The van der Waals surface area contributed by atoms with Gasteiger partial charge < -0.3 is 14.2 Å². The Labute approximate surface area is 156 Å². The minimum atomic E-state index is -0.557. The summed E-state index contributed by atoms with van der Waals surface area (Å²) in [5.41, 5.74) is 0.804. The van der Waals surface area contributed by atoms with Crippen LogP contribution < -0.4 is 4.74 Å². The number of carbonyl (C=O) groups is 2. The zero-order chi connectivity index (χ0) is 18.4. The SMILES string of the molecule is O=C(COC(=O)c1ccc(OCC2CCCO2)cc1)c1ccc(Cl)cc1. The van der Waals surface area contributed by atoms with Crippen molar-refractivity contribution in [2.24, 2.45) is 0 Å². The van der Waals surface area contributed by atoms with Crippen LogP contribution in [0.15, 0.2) is 48.5 Å². The second-order valence-electron chi connectivity index (χ2n) is 5.98. The molecule has 1 heterocycles. The van der Waals surface area contributed by atoms with Crippen molar-refractivity contribution in [2.75, 3.05) is 19.8 Å². The number of ether oxygens (including phenoxy) is 3. The zero-order valence-electron chi connectivity index (χ0n) is 14.2. The lowest BCUT2D eigenvalue weighted by molar-refractivity contribution is 0.0474. The number of benzene rings is 2. The van der Waals surface area contributed by atoms with Gasteiger partial charge in [0.15, 0.2) is 12.4 Å². The lowest BCUT2D eigenvalue weighted by Gasteiger charge is -2.11. The number of ketones is 1. The van der Waals surface area contributed by atoms with Crippen LogP contribution in [-0.2, 0) is 9.47 Å². The number of hydrogen-bond donors (Lipinski definition) is 0. The Bertz CT molecular complexity index is 749. The van der Waals surface area contributed by atoms with Crippen molar-refractivity contribution >= 4 is 23.4 Å². The summed E-state index contributed by atoms with van der Waals surface area (Å²) in [7, 11) is 0. The molecule has 0 amide bonds. The van der Waals surface area contributed by atoms with Gasteiger partial charge in [0.25, 0.3) is 0 Å². The Morgan fingerprint density at radius 3 is 2.38 bits per heavy atom. The van der Waals surface area contributed by atoms with Crippen LogP contribution in [-0.4, -0.2) is 37.7 Å². The molecule has 1 unspecified atom stereocenters. The van der Waals surface area contributed by atoms with E-state index in [1.807, 2.05) is 0 Å². The molecule has 0 aromatic heterocycles. The maximum Gasteiger partial charge on any atom is 0.338 e. The number of Topliss-reactive ketones (excluding diaryl/α,β-unsaturated/α-hetero) is 1. The highest BCUT2D eigenvalue weighted by Gasteiger charge is 2.16. The molecule has 5 nitrogen and oxygen atoms in total. The fourth-order valence-corrected chi connectivity index (χ4v) is 2.71. The standard InChI is InChI=1S/C20H19ClO5/c21-16-7-3-14(4-8-16)19(22)13-26-20(23)15-5-9-17(10-6-15)25-12-18-2-1-11-24-18/h3-10,18H,1-2,11-13H2. The fraction of sp³-hybridized carbons (Fsp3) is 0.300. The predicted molar refractivity (Wildman–Crippen MR) is 97.0 cm³/mol. The third kappa shape index (κ3) is 5.07. The van der Waals surface area contributed by atoms with Crippen molar-refractivity contribution in [1.29, 1.82) is 0 Å². The van der Waals surface area contributed by atoms with Crippen LogP contribution in [0.1, 0.15) is 33.6 Å². The normalized spacial score (nSPS) is 16.3. The van der Waals surface area contributed by atoms with Gasteiger partial charge in [-0.25, -0.2) is 4.79 Å². The molecule has 0 aliphatic carbocycles. The van der Waals surface area contributed by atoms with Gasteiger partial charge in [0.2, 0.25) is 0 Å². The summed E-state index contributed by atoms with van der Waals surface area (Å²) in [6.07, 6.45) is 2.21. The molecule has 3 rings (SSSR count). The van der Waals surface area contributed by atoms with Crippen LogP contribution in [0.3, 0.4) is 0 Å². The van der Waals surface area contributed by atoms with Crippen molar-refractivity contribution in [2.45, 2.75) is 18.9 Å². The highest BCUT2D eigenvalue weighted by atomic mass is 35.5. The molecule has 1 aliphatic heterocycles. The first kappa shape index (κ1) is 18.4.